The Morgan fingerprint density at radius 1 is 1.07 bits per heavy atom. The number of nitrogens with zero attached hydrogens (tertiary/aromatic N) is 1. The van der Waals surface area contributed by atoms with Gasteiger partial charge in [0.25, 0.3) is 0 Å². The average Bonchev–Trinajstić information content (AvgIpc) is 3.13. The van der Waals surface area contributed by atoms with E-state index in [0.29, 0.717) is 29.9 Å². The molecule has 1 aromatic carbocycles. The highest BCUT2D eigenvalue weighted by atomic mass is 16.5. The van der Waals surface area contributed by atoms with Gasteiger partial charge in [0.15, 0.2) is 0 Å². The monoisotopic (exact) mass is 377 g/mol. The van der Waals surface area contributed by atoms with Crippen LogP contribution in [0.2, 0.25) is 0 Å². The highest BCUT2D eigenvalue weighted by molar-refractivity contribution is 6.12. The summed E-state index contributed by atoms with van der Waals surface area (Å²) >= 11 is 0. The van der Waals surface area contributed by atoms with E-state index in [1.54, 1.807) is 6.92 Å². The van der Waals surface area contributed by atoms with Crippen molar-refractivity contribution >= 4 is 17.5 Å². The van der Waals surface area contributed by atoms with Gasteiger partial charge < -0.3 is 9.15 Å². The number of aryl methyl sites for hydroxylation is 1. The van der Waals surface area contributed by atoms with E-state index in [1.807, 2.05) is 37.3 Å². The van der Waals surface area contributed by atoms with E-state index >= 15 is 0 Å². The van der Waals surface area contributed by atoms with E-state index in [4.69, 9.17) is 14.1 Å². The molecule has 0 N–H and O–H groups in total. The molecule has 3 atom stereocenters. The molecule has 0 saturated heterocycles. The Morgan fingerprint density at radius 3 is 2.46 bits per heavy atom. The van der Waals surface area contributed by atoms with Crippen LogP contribution in [0.25, 0.3) is 0 Å². The average molecular weight is 377 g/mol. The van der Waals surface area contributed by atoms with Crippen molar-refractivity contribution in [3.8, 4) is 0 Å². The normalized spacial score (nSPS) is 24.6. The van der Waals surface area contributed by atoms with Gasteiger partial charge in [-0.1, -0.05) is 30.3 Å². The van der Waals surface area contributed by atoms with Gasteiger partial charge >= 0.3 is 5.97 Å². The van der Waals surface area contributed by atoms with E-state index in [1.165, 1.54) is 7.11 Å². The first-order valence-electron chi connectivity index (χ1n) is 9.50. The van der Waals surface area contributed by atoms with Crippen LogP contribution in [0.5, 0.6) is 0 Å². The number of methoxy groups -OCH3 is 1. The van der Waals surface area contributed by atoms with Gasteiger partial charge in [-0.25, -0.2) is 4.79 Å². The summed E-state index contributed by atoms with van der Waals surface area (Å²) in [6.45, 7) is 3.65. The van der Waals surface area contributed by atoms with Gasteiger partial charge in [0.2, 0.25) is 0 Å². The molecule has 144 valence electrons. The Labute approximate surface area is 164 Å². The molecule has 0 radical (unpaired) electrons. The molecule has 5 heteroatoms. The number of ketones is 1. The van der Waals surface area contributed by atoms with Crippen molar-refractivity contribution in [3.05, 3.63) is 70.8 Å². The summed E-state index contributed by atoms with van der Waals surface area (Å²) in [7, 11) is 1.35. The van der Waals surface area contributed by atoms with E-state index in [0.717, 1.165) is 17.0 Å². The predicted molar refractivity (Wildman–Crippen MR) is 105 cm³/mol. The fraction of sp³-hybridized carbons (Fsp3) is 0.348. The summed E-state index contributed by atoms with van der Waals surface area (Å²) in [5, 5.41) is 0. The third kappa shape index (κ3) is 3.11. The molecule has 28 heavy (non-hydrogen) atoms. The number of fused-ring (bicyclic) bond motifs is 1. The molecule has 2 aromatic rings. The van der Waals surface area contributed by atoms with Crippen LogP contribution >= 0.6 is 0 Å². The molecule has 1 unspecified atom stereocenters. The number of furan rings is 1. The van der Waals surface area contributed by atoms with E-state index < -0.39 is 17.8 Å². The molecule has 1 aliphatic carbocycles. The van der Waals surface area contributed by atoms with Crippen molar-refractivity contribution in [2.75, 3.05) is 7.11 Å². The maximum Gasteiger partial charge on any atom is 0.336 e. The number of aliphatic imine (C=N–C) groups is 1. The van der Waals surface area contributed by atoms with Gasteiger partial charge in [-0.2, -0.15) is 0 Å². The number of hydrogen-bond acceptors (Lipinski definition) is 5. The Bertz CT molecular complexity index is 983. The summed E-state index contributed by atoms with van der Waals surface area (Å²) in [5.41, 5.74) is 2.98. The Kier molecular flexibility index (Phi) is 4.75. The molecular weight excluding hydrogens is 354 g/mol. The van der Waals surface area contributed by atoms with Gasteiger partial charge in [0, 0.05) is 17.8 Å². The zero-order valence-electron chi connectivity index (χ0n) is 16.3. The quantitative estimate of drug-likeness (QED) is 0.747. The van der Waals surface area contributed by atoms with Crippen molar-refractivity contribution in [1.29, 1.82) is 0 Å². The first-order valence-corrected chi connectivity index (χ1v) is 9.50. The number of esters is 1. The minimum Gasteiger partial charge on any atom is -0.466 e. The van der Waals surface area contributed by atoms with Crippen molar-refractivity contribution < 1.29 is 18.7 Å². The number of Topliss-reactive ketones (excluding diaryl/α,β-unsaturated/α-hetero) is 1. The number of rotatable bonds is 3. The summed E-state index contributed by atoms with van der Waals surface area (Å²) < 4.78 is 10.9. The second kappa shape index (κ2) is 7.23. The Morgan fingerprint density at radius 2 is 1.82 bits per heavy atom. The molecular formula is C23H23NO4. The van der Waals surface area contributed by atoms with Crippen LogP contribution in [0.4, 0.5) is 0 Å². The minimum absolute atomic E-state index is 0.0896. The molecule has 1 fully saturated rings. The molecule has 1 aliphatic heterocycles. The van der Waals surface area contributed by atoms with Crippen molar-refractivity contribution in [3.63, 3.8) is 0 Å². The SMILES string of the molecule is COC(=O)C1=C(C)N=C2C[C@H](c3ccccc3)CC(=O)C2[C@@H]1c1ccc(C)o1. The summed E-state index contributed by atoms with van der Waals surface area (Å²) in [4.78, 5) is 30.5. The zero-order valence-corrected chi connectivity index (χ0v) is 16.3. The van der Waals surface area contributed by atoms with Crippen LogP contribution in [-0.4, -0.2) is 24.6 Å². The van der Waals surface area contributed by atoms with Crippen LogP contribution in [0.15, 0.2) is 63.1 Å². The van der Waals surface area contributed by atoms with Crippen molar-refractivity contribution in [2.45, 2.75) is 38.5 Å². The fourth-order valence-electron chi connectivity index (χ4n) is 4.44. The lowest BCUT2D eigenvalue weighted by Gasteiger charge is -2.37. The number of hydrogen-bond donors (Lipinski definition) is 0. The van der Waals surface area contributed by atoms with E-state index in [2.05, 4.69) is 12.1 Å². The number of allylic oxidation sites excluding steroid dienone is 1. The van der Waals surface area contributed by atoms with Gasteiger partial charge in [-0.05, 0) is 43.9 Å². The van der Waals surface area contributed by atoms with Gasteiger partial charge in [0.05, 0.1) is 24.5 Å². The number of ether oxygens (including phenoxy) is 1. The molecule has 5 nitrogen and oxygen atoms in total. The number of carbonyl (C=O) groups excluding carboxylic acids is 2. The summed E-state index contributed by atoms with van der Waals surface area (Å²) in [5.74, 6) is 0.119. The smallest absolute Gasteiger partial charge is 0.336 e. The molecule has 2 aliphatic rings. The van der Waals surface area contributed by atoms with Crippen LogP contribution in [0.3, 0.4) is 0 Å². The highest BCUT2D eigenvalue weighted by Crippen LogP contribution is 2.46. The fourth-order valence-corrected chi connectivity index (χ4v) is 4.44. The van der Waals surface area contributed by atoms with Crippen LogP contribution < -0.4 is 0 Å². The lowest BCUT2D eigenvalue weighted by Crippen LogP contribution is -2.41. The summed E-state index contributed by atoms with van der Waals surface area (Å²) in [6.07, 6.45) is 1.12. The standard InChI is InChI=1S/C23H23NO4/c1-13-9-10-19(28-13)22-20(23(26)27-3)14(2)24-17-11-16(12-18(25)21(17)22)15-7-5-4-6-8-15/h4-10,16,21-22H,11-12H2,1-3H3/t16-,21?,22+/m0/s1. The van der Waals surface area contributed by atoms with Gasteiger partial charge in [-0.15, -0.1) is 0 Å². The second-order valence-electron chi connectivity index (χ2n) is 7.48. The van der Waals surface area contributed by atoms with Crippen molar-refractivity contribution in [1.82, 2.24) is 0 Å². The lowest BCUT2D eigenvalue weighted by atomic mass is 9.67. The molecule has 2 heterocycles. The number of benzene rings is 1. The first-order chi connectivity index (χ1) is 13.5. The lowest BCUT2D eigenvalue weighted by molar-refractivity contribution is -0.136. The third-order valence-corrected chi connectivity index (χ3v) is 5.70. The molecule has 0 bridgehead atoms. The van der Waals surface area contributed by atoms with Crippen LogP contribution in [0.1, 0.15) is 48.7 Å². The molecule has 1 aromatic heterocycles. The topological polar surface area (TPSA) is 68.9 Å². The number of carbonyl (C=O) groups is 2. The van der Waals surface area contributed by atoms with Gasteiger partial charge in [0.1, 0.15) is 17.3 Å². The second-order valence-corrected chi connectivity index (χ2v) is 7.48. The maximum absolute atomic E-state index is 13.3. The molecule has 0 spiro atoms. The molecule has 1 saturated carbocycles. The maximum atomic E-state index is 13.3. The predicted octanol–water partition coefficient (Wildman–Crippen LogP) is 4.34. The highest BCUT2D eigenvalue weighted by Gasteiger charge is 2.47. The Hall–Kier alpha value is -2.95. The molecule has 4 rings (SSSR count). The molecule has 0 amide bonds. The Balaban J connectivity index is 1.79. The van der Waals surface area contributed by atoms with Crippen LogP contribution in [-0.2, 0) is 14.3 Å². The van der Waals surface area contributed by atoms with Gasteiger partial charge in [-0.3, -0.25) is 9.79 Å². The van der Waals surface area contributed by atoms with E-state index in [9.17, 15) is 9.59 Å². The van der Waals surface area contributed by atoms with Crippen molar-refractivity contribution in [2.24, 2.45) is 10.9 Å². The largest absolute Gasteiger partial charge is 0.466 e. The first kappa shape index (κ1) is 18.4. The third-order valence-electron chi connectivity index (χ3n) is 5.70. The minimum atomic E-state index is -0.488. The summed E-state index contributed by atoms with van der Waals surface area (Å²) in [6, 6.07) is 13.8. The van der Waals surface area contributed by atoms with E-state index in [-0.39, 0.29) is 11.7 Å². The van der Waals surface area contributed by atoms with Crippen LogP contribution in [0, 0.1) is 12.8 Å². The zero-order chi connectivity index (χ0) is 19.8.